The van der Waals surface area contributed by atoms with Gasteiger partial charge in [0.15, 0.2) is 0 Å². The molecule has 12 aromatic rings. The van der Waals surface area contributed by atoms with Gasteiger partial charge < -0.3 is 9.80 Å². The Labute approximate surface area is 490 Å². The lowest BCUT2D eigenvalue weighted by atomic mass is 9.82. The monoisotopic (exact) mass is 1070 g/mol. The van der Waals surface area contributed by atoms with E-state index in [1.54, 1.807) is 0 Å². The van der Waals surface area contributed by atoms with Crippen molar-refractivity contribution >= 4 is 34.1 Å². The smallest absolute Gasteiger partial charge is 0.0465 e. The Morgan fingerprint density at radius 2 is 0.578 bits per heavy atom. The van der Waals surface area contributed by atoms with Crippen LogP contribution in [0.5, 0.6) is 0 Å². The van der Waals surface area contributed by atoms with Crippen molar-refractivity contribution < 1.29 is 0 Å². The second kappa shape index (κ2) is 22.3. The summed E-state index contributed by atoms with van der Waals surface area (Å²) in [7, 11) is 0. The Kier molecular flexibility index (Phi) is 13.8. The second-order valence-electron chi connectivity index (χ2n) is 23.1. The summed E-state index contributed by atoms with van der Waals surface area (Å²) in [6.07, 6.45) is 6.68. The van der Waals surface area contributed by atoms with E-state index >= 15 is 0 Å². The summed E-state index contributed by atoms with van der Waals surface area (Å²) >= 11 is 0. The van der Waals surface area contributed by atoms with E-state index in [9.17, 15) is 0 Å². The molecule has 0 aliphatic heterocycles. The van der Waals surface area contributed by atoms with Crippen molar-refractivity contribution in [3.8, 4) is 77.9 Å². The normalized spacial score (nSPS) is 13.5. The highest BCUT2D eigenvalue weighted by Crippen LogP contribution is 2.51. The van der Waals surface area contributed by atoms with Crippen LogP contribution in [0.15, 0.2) is 297 Å². The molecule has 0 unspecified atom stereocenters. The van der Waals surface area contributed by atoms with E-state index in [1.165, 1.54) is 116 Å². The molecule has 12 aromatic carbocycles. The Bertz CT molecular complexity index is 4180. The van der Waals surface area contributed by atoms with Crippen LogP contribution in [-0.2, 0) is 5.41 Å². The summed E-state index contributed by atoms with van der Waals surface area (Å²) in [6.45, 7) is 4.74. The molecule has 0 N–H and O–H groups in total. The summed E-state index contributed by atoms with van der Waals surface area (Å²) in [5.41, 5.74) is 27.6. The zero-order valence-corrected chi connectivity index (χ0v) is 47.3. The zero-order chi connectivity index (χ0) is 55.7. The number of fused-ring (bicyclic) bond motifs is 3. The van der Waals surface area contributed by atoms with Crippen LogP contribution >= 0.6 is 0 Å². The molecular weight excluding hydrogens is 1000 g/mol. The Morgan fingerprint density at radius 3 is 1.05 bits per heavy atom. The maximum atomic E-state index is 2.44. The minimum Gasteiger partial charge on any atom is -0.311 e. The molecule has 0 spiro atoms. The van der Waals surface area contributed by atoms with E-state index in [-0.39, 0.29) is 5.41 Å². The van der Waals surface area contributed by atoms with E-state index in [0.29, 0.717) is 5.92 Å². The van der Waals surface area contributed by atoms with E-state index in [2.05, 4.69) is 321 Å². The van der Waals surface area contributed by atoms with Crippen LogP contribution in [0.1, 0.15) is 68.6 Å². The van der Waals surface area contributed by atoms with Crippen LogP contribution in [0.3, 0.4) is 0 Å². The van der Waals surface area contributed by atoms with Gasteiger partial charge in [0.25, 0.3) is 0 Å². The third kappa shape index (κ3) is 10.1. The lowest BCUT2D eigenvalue weighted by Gasteiger charge is -2.28. The average Bonchev–Trinajstić information content (AvgIpc) is 3.49. The Hall–Kier alpha value is -9.76. The standard InChI is InChI=1S/C81H66N2/c1-81(2)79-31-19-18-30-73(79)74-53-52-72(54-80(74)81)83(70-46-38-62(39-47-70)60-34-32-59(33-35-60)57-20-8-3-9-21-57)71-50-42-66(43-51-71)78-56-75(63-24-12-5-13-25-63)77(55-76(78)64-26-14-6-15-27-64)65-40-48-69(49-41-65)82(67-28-16-7-17-29-67)68-44-36-61(37-45-68)58-22-10-4-11-23-58/h4-7,10-19,22-57H,3,8-9,20-21H2,1-2H3. The lowest BCUT2D eigenvalue weighted by molar-refractivity contribution is 0.443. The molecule has 1 fully saturated rings. The number of hydrogen-bond acceptors (Lipinski definition) is 2. The predicted octanol–water partition coefficient (Wildman–Crippen LogP) is 23.0. The average molecular weight is 1070 g/mol. The Morgan fingerprint density at radius 1 is 0.253 bits per heavy atom. The van der Waals surface area contributed by atoms with Crippen LogP contribution in [0.2, 0.25) is 0 Å². The molecule has 0 atom stereocenters. The van der Waals surface area contributed by atoms with E-state index in [1.807, 2.05) is 0 Å². The van der Waals surface area contributed by atoms with Gasteiger partial charge in [-0.3, -0.25) is 0 Å². The zero-order valence-electron chi connectivity index (χ0n) is 47.3. The number of hydrogen-bond donors (Lipinski definition) is 0. The summed E-state index contributed by atoms with van der Waals surface area (Å²) in [5, 5.41) is 0. The minimum absolute atomic E-state index is 0.137. The fraction of sp³-hybridized carbons (Fsp3) is 0.111. The number of para-hydroxylation sites is 1. The predicted molar refractivity (Wildman–Crippen MR) is 352 cm³/mol. The van der Waals surface area contributed by atoms with Gasteiger partial charge in [0.05, 0.1) is 0 Å². The first kappa shape index (κ1) is 51.4. The van der Waals surface area contributed by atoms with Crippen molar-refractivity contribution in [1.29, 1.82) is 0 Å². The number of anilines is 6. The summed E-state index contributed by atoms with van der Waals surface area (Å²) in [5.74, 6) is 0.693. The maximum absolute atomic E-state index is 2.44. The van der Waals surface area contributed by atoms with Crippen molar-refractivity contribution in [3.05, 3.63) is 314 Å². The first-order chi connectivity index (χ1) is 40.9. The topological polar surface area (TPSA) is 6.48 Å². The van der Waals surface area contributed by atoms with Gasteiger partial charge in [-0.25, -0.2) is 0 Å². The van der Waals surface area contributed by atoms with Gasteiger partial charge in [-0.2, -0.15) is 0 Å². The molecule has 0 heterocycles. The first-order valence-electron chi connectivity index (χ1n) is 29.7. The van der Waals surface area contributed by atoms with Crippen molar-refractivity contribution in [2.75, 3.05) is 9.80 Å². The molecule has 0 bridgehead atoms. The number of benzene rings is 12. The lowest BCUT2D eigenvalue weighted by Crippen LogP contribution is -2.16. The summed E-state index contributed by atoms with van der Waals surface area (Å²) in [4.78, 5) is 4.79. The summed E-state index contributed by atoms with van der Waals surface area (Å²) in [6, 6.07) is 110. The summed E-state index contributed by atoms with van der Waals surface area (Å²) < 4.78 is 0. The molecular formula is C81H66N2. The molecule has 2 aliphatic carbocycles. The molecule has 2 heteroatoms. The molecule has 0 aromatic heterocycles. The van der Waals surface area contributed by atoms with E-state index < -0.39 is 0 Å². The van der Waals surface area contributed by atoms with Crippen LogP contribution in [-0.4, -0.2) is 0 Å². The van der Waals surface area contributed by atoms with Crippen LogP contribution in [0.25, 0.3) is 77.9 Å². The fourth-order valence-corrected chi connectivity index (χ4v) is 13.3. The van der Waals surface area contributed by atoms with Gasteiger partial charge in [-0.1, -0.05) is 245 Å². The van der Waals surface area contributed by atoms with Crippen LogP contribution in [0.4, 0.5) is 34.1 Å². The minimum atomic E-state index is -0.137. The third-order valence-corrected chi connectivity index (χ3v) is 17.7. The van der Waals surface area contributed by atoms with Crippen molar-refractivity contribution in [1.82, 2.24) is 0 Å². The largest absolute Gasteiger partial charge is 0.311 e. The van der Waals surface area contributed by atoms with Crippen LogP contribution < -0.4 is 9.80 Å². The van der Waals surface area contributed by atoms with E-state index in [0.717, 1.165) is 45.3 Å². The number of nitrogens with zero attached hydrogens (tertiary/aromatic N) is 2. The molecule has 0 saturated heterocycles. The van der Waals surface area contributed by atoms with Gasteiger partial charge in [-0.05, 0) is 198 Å². The van der Waals surface area contributed by atoms with Crippen molar-refractivity contribution in [2.45, 2.75) is 57.3 Å². The SMILES string of the molecule is CC1(C)c2ccccc2-c2ccc(N(c3ccc(-c4ccc(C5CCCCC5)cc4)cc3)c3ccc(-c4cc(-c5ccccc5)c(-c5ccc(N(c6ccccc6)c6ccc(-c7ccccc7)cc6)cc5)cc4-c4ccccc4)cc3)cc21. The van der Waals surface area contributed by atoms with E-state index in [4.69, 9.17) is 0 Å². The highest BCUT2D eigenvalue weighted by molar-refractivity contribution is 5.96. The van der Waals surface area contributed by atoms with Gasteiger partial charge in [0.1, 0.15) is 0 Å². The third-order valence-electron chi connectivity index (χ3n) is 17.7. The molecule has 0 amide bonds. The van der Waals surface area contributed by atoms with Crippen molar-refractivity contribution in [2.24, 2.45) is 0 Å². The molecule has 0 radical (unpaired) electrons. The highest BCUT2D eigenvalue weighted by atomic mass is 15.1. The van der Waals surface area contributed by atoms with Gasteiger partial charge >= 0.3 is 0 Å². The highest BCUT2D eigenvalue weighted by Gasteiger charge is 2.36. The molecule has 2 nitrogen and oxygen atoms in total. The molecule has 14 rings (SSSR count). The quantitative estimate of drug-likeness (QED) is 0.114. The molecule has 83 heavy (non-hydrogen) atoms. The molecule has 2 aliphatic rings. The Balaban J connectivity index is 0.850. The van der Waals surface area contributed by atoms with Gasteiger partial charge in [0.2, 0.25) is 0 Å². The van der Waals surface area contributed by atoms with Gasteiger partial charge in [0, 0.05) is 39.5 Å². The maximum Gasteiger partial charge on any atom is 0.0465 e. The first-order valence-corrected chi connectivity index (χ1v) is 29.7. The van der Waals surface area contributed by atoms with Crippen LogP contribution in [0, 0.1) is 0 Å². The van der Waals surface area contributed by atoms with Gasteiger partial charge in [-0.15, -0.1) is 0 Å². The molecule has 400 valence electrons. The van der Waals surface area contributed by atoms with Crippen molar-refractivity contribution in [3.63, 3.8) is 0 Å². The second-order valence-corrected chi connectivity index (χ2v) is 23.1. The number of rotatable bonds is 13. The molecule has 1 saturated carbocycles. The fourth-order valence-electron chi connectivity index (χ4n) is 13.3.